The summed E-state index contributed by atoms with van der Waals surface area (Å²) in [7, 11) is 0. The summed E-state index contributed by atoms with van der Waals surface area (Å²) < 4.78 is 1.08. The van der Waals surface area contributed by atoms with Crippen LogP contribution in [0.25, 0.3) is 0 Å². The maximum Gasteiger partial charge on any atom is 0.136 e. The Bertz CT molecular complexity index is 474. The van der Waals surface area contributed by atoms with Crippen LogP contribution in [0.3, 0.4) is 0 Å². The average Bonchev–Trinajstić information content (AvgIpc) is 2.20. The molecule has 0 saturated heterocycles. The molecule has 0 amide bonds. The van der Waals surface area contributed by atoms with Crippen LogP contribution in [0.2, 0.25) is 0 Å². The van der Waals surface area contributed by atoms with Crippen LogP contribution in [0.5, 0.6) is 0 Å². The van der Waals surface area contributed by atoms with Gasteiger partial charge in [-0.2, -0.15) is 0 Å². The lowest BCUT2D eigenvalue weighted by Gasteiger charge is -2.02. The van der Waals surface area contributed by atoms with Crippen molar-refractivity contribution in [2.24, 2.45) is 0 Å². The second-order valence-electron chi connectivity index (χ2n) is 3.65. The number of rotatable bonds is 2. The third-order valence-corrected chi connectivity index (χ3v) is 2.71. The predicted octanol–water partition coefficient (Wildman–Crippen LogP) is 2.84. The van der Waals surface area contributed by atoms with Crippen molar-refractivity contribution >= 4 is 15.9 Å². The molecule has 2 rings (SSSR count). The molecule has 3 nitrogen and oxygen atoms in total. The van der Waals surface area contributed by atoms with Crippen molar-refractivity contribution in [3.8, 4) is 0 Å². The Morgan fingerprint density at radius 2 is 1.50 bits per heavy atom. The summed E-state index contributed by atoms with van der Waals surface area (Å²) in [6.07, 6.45) is 0.747. The molecule has 0 N–H and O–H groups in total. The molecule has 0 radical (unpaired) electrons. The SMILES string of the molecule is Cc1nc(C)nc(Cc2ccc(Br)cc2)n1. The lowest BCUT2D eigenvalue weighted by Crippen LogP contribution is -2.03. The maximum absolute atomic E-state index is 4.32. The first-order valence-corrected chi connectivity index (χ1v) is 5.85. The van der Waals surface area contributed by atoms with Crippen molar-refractivity contribution in [1.82, 2.24) is 15.0 Å². The van der Waals surface area contributed by atoms with E-state index in [1.807, 2.05) is 26.0 Å². The van der Waals surface area contributed by atoms with Gasteiger partial charge in [0.1, 0.15) is 17.5 Å². The number of halogens is 1. The molecule has 0 bridgehead atoms. The molecule has 1 aromatic heterocycles. The fourth-order valence-electron chi connectivity index (χ4n) is 1.55. The first-order chi connectivity index (χ1) is 7.63. The number of hydrogen-bond donors (Lipinski definition) is 0. The monoisotopic (exact) mass is 277 g/mol. The Morgan fingerprint density at radius 3 is 2.06 bits per heavy atom. The Labute approximate surface area is 103 Å². The Balaban J connectivity index is 2.23. The Morgan fingerprint density at radius 1 is 0.938 bits per heavy atom. The van der Waals surface area contributed by atoms with E-state index < -0.39 is 0 Å². The zero-order chi connectivity index (χ0) is 11.5. The smallest absolute Gasteiger partial charge is 0.136 e. The van der Waals surface area contributed by atoms with E-state index >= 15 is 0 Å². The van der Waals surface area contributed by atoms with E-state index in [2.05, 4.69) is 43.0 Å². The summed E-state index contributed by atoms with van der Waals surface area (Å²) >= 11 is 3.41. The van der Waals surface area contributed by atoms with Gasteiger partial charge in [0.15, 0.2) is 0 Å². The van der Waals surface area contributed by atoms with Gasteiger partial charge >= 0.3 is 0 Å². The number of aryl methyl sites for hydroxylation is 2. The molecule has 16 heavy (non-hydrogen) atoms. The van der Waals surface area contributed by atoms with E-state index in [0.717, 1.165) is 28.4 Å². The minimum absolute atomic E-state index is 0.747. The van der Waals surface area contributed by atoms with Crippen LogP contribution in [0.15, 0.2) is 28.7 Å². The highest BCUT2D eigenvalue weighted by molar-refractivity contribution is 9.10. The molecule has 0 spiro atoms. The lowest BCUT2D eigenvalue weighted by molar-refractivity contribution is 0.843. The predicted molar refractivity (Wildman–Crippen MR) is 66.2 cm³/mol. The van der Waals surface area contributed by atoms with Crippen molar-refractivity contribution in [3.63, 3.8) is 0 Å². The van der Waals surface area contributed by atoms with Crippen molar-refractivity contribution < 1.29 is 0 Å². The zero-order valence-corrected chi connectivity index (χ0v) is 10.8. The summed E-state index contributed by atoms with van der Waals surface area (Å²) in [6, 6.07) is 8.18. The minimum Gasteiger partial charge on any atom is -0.219 e. The fourth-order valence-corrected chi connectivity index (χ4v) is 1.81. The van der Waals surface area contributed by atoms with E-state index in [-0.39, 0.29) is 0 Å². The summed E-state index contributed by atoms with van der Waals surface area (Å²) in [5, 5.41) is 0. The molecule has 0 saturated carbocycles. The van der Waals surface area contributed by atoms with Gasteiger partial charge in [-0.25, -0.2) is 15.0 Å². The van der Waals surface area contributed by atoms with Gasteiger partial charge in [-0.05, 0) is 31.5 Å². The molecule has 1 aromatic carbocycles. The molecule has 1 heterocycles. The third-order valence-electron chi connectivity index (χ3n) is 2.18. The highest BCUT2D eigenvalue weighted by atomic mass is 79.9. The fraction of sp³-hybridized carbons (Fsp3) is 0.250. The molecule has 0 fully saturated rings. The van der Waals surface area contributed by atoms with Crippen LogP contribution in [0.4, 0.5) is 0 Å². The van der Waals surface area contributed by atoms with Crippen molar-refractivity contribution in [1.29, 1.82) is 0 Å². The topological polar surface area (TPSA) is 38.7 Å². The molecular formula is C12H12BrN3. The summed E-state index contributed by atoms with van der Waals surface area (Å²) in [5.74, 6) is 2.38. The van der Waals surface area contributed by atoms with E-state index in [1.165, 1.54) is 5.56 Å². The molecule has 82 valence electrons. The van der Waals surface area contributed by atoms with Gasteiger partial charge in [-0.15, -0.1) is 0 Å². The summed E-state index contributed by atoms with van der Waals surface area (Å²) in [6.45, 7) is 3.78. The number of nitrogens with zero attached hydrogens (tertiary/aromatic N) is 3. The summed E-state index contributed by atoms with van der Waals surface area (Å²) in [4.78, 5) is 12.8. The van der Waals surface area contributed by atoms with Gasteiger partial charge in [0.2, 0.25) is 0 Å². The number of aromatic nitrogens is 3. The van der Waals surface area contributed by atoms with Crippen molar-refractivity contribution in [2.75, 3.05) is 0 Å². The standard InChI is InChI=1S/C12H12BrN3/c1-8-14-9(2)16-12(15-8)7-10-3-5-11(13)6-4-10/h3-6H,7H2,1-2H3. The van der Waals surface area contributed by atoms with E-state index in [0.29, 0.717) is 0 Å². The molecule has 4 heteroatoms. The minimum atomic E-state index is 0.747. The van der Waals surface area contributed by atoms with Crippen molar-refractivity contribution in [2.45, 2.75) is 20.3 Å². The first kappa shape index (κ1) is 11.2. The lowest BCUT2D eigenvalue weighted by atomic mass is 10.1. The normalized spacial score (nSPS) is 10.4. The molecular weight excluding hydrogens is 266 g/mol. The Kier molecular flexibility index (Phi) is 3.29. The third kappa shape index (κ3) is 2.85. The molecule has 0 unspecified atom stereocenters. The van der Waals surface area contributed by atoms with E-state index in [4.69, 9.17) is 0 Å². The van der Waals surface area contributed by atoms with Crippen molar-refractivity contribution in [3.05, 3.63) is 51.8 Å². The van der Waals surface area contributed by atoms with Gasteiger partial charge in [0.05, 0.1) is 0 Å². The van der Waals surface area contributed by atoms with Crippen LogP contribution in [0.1, 0.15) is 23.0 Å². The highest BCUT2D eigenvalue weighted by Crippen LogP contribution is 2.12. The second-order valence-corrected chi connectivity index (χ2v) is 4.56. The van der Waals surface area contributed by atoms with Gasteiger partial charge in [-0.3, -0.25) is 0 Å². The molecule has 0 atom stereocenters. The quantitative estimate of drug-likeness (QED) is 0.847. The highest BCUT2D eigenvalue weighted by Gasteiger charge is 2.02. The van der Waals surface area contributed by atoms with E-state index in [1.54, 1.807) is 0 Å². The van der Waals surface area contributed by atoms with Crippen LogP contribution in [0, 0.1) is 13.8 Å². The second kappa shape index (κ2) is 4.70. The van der Waals surface area contributed by atoms with Gasteiger partial charge in [0.25, 0.3) is 0 Å². The van der Waals surface area contributed by atoms with Gasteiger partial charge < -0.3 is 0 Å². The largest absolute Gasteiger partial charge is 0.219 e. The van der Waals surface area contributed by atoms with Crippen LogP contribution < -0.4 is 0 Å². The number of hydrogen-bond acceptors (Lipinski definition) is 3. The molecule has 2 aromatic rings. The average molecular weight is 278 g/mol. The Hall–Kier alpha value is -1.29. The van der Waals surface area contributed by atoms with Crippen LogP contribution in [-0.2, 0) is 6.42 Å². The molecule has 0 aliphatic carbocycles. The van der Waals surface area contributed by atoms with Gasteiger partial charge in [0, 0.05) is 10.9 Å². The number of benzene rings is 1. The first-order valence-electron chi connectivity index (χ1n) is 5.06. The molecule has 0 aliphatic heterocycles. The van der Waals surface area contributed by atoms with Gasteiger partial charge in [-0.1, -0.05) is 28.1 Å². The summed E-state index contributed by atoms with van der Waals surface area (Å²) in [5.41, 5.74) is 1.20. The molecule has 0 aliphatic rings. The van der Waals surface area contributed by atoms with Crippen LogP contribution >= 0.6 is 15.9 Å². The zero-order valence-electron chi connectivity index (χ0n) is 9.24. The van der Waals surface area contributed by atoms with E-state index in [9.17, 15) is 0 Å². The maximum atomic E-state index is 4.32. The van der Waals surface area contributed by atoms with Crippen LogP contribution in [-0.4, -0.2) is 15.0 Å².